The van der Waals surface area contributed by atoms with Gasteiger partial charge in [0.15, 0.2) is 0 Å². The molecule has 1 amide bonds. The lowest BCUT2D eigenvalue weighted by Gasteiger charge is -2.20. The number of methoxy groups -OCH3 is 1. The largest absolute Gasteiger partial charge is 0.469 e. The van der Waals surface area contributed by atoms with Gasteiger partial charge in [0.2, 0.25) is 5.91 Å². The zero-order valence-electron chi connectivity index (χ0n) is 11.2. The third-order valence-corrected chi connectivity index (χ3v) is 3.40. The van der Waals surface area contributed by atoms with Crippen LogP contribution in [0, 0.1) is 5.82 Å². The number of hydrogen-bond acceptors (Lipinski definition) is 4. The molecule has 1 aromatic rings. The van der Waals surface area contributed by atoms with E-state index in [0.717, 1.165) is 5.56 Å². The number of carbonyl (C=O) groups is 2. The van der Waals surface area contributed by atoms with Gasteiger partial charge in [-0.1, -0.05) is 0 Å². The van der Waals surface area contributed by atoms with Gasteiger partial charge in [0.1, 0.15) is 5.82 Å². The third-order valence-electron chi connectivity index (χ3n) is 3.40. The number of fused-ring (bicyclic) bond motifs is 1. The lowest BCUT2D eigenvalue weighted by atomic mass is 9.95. The van der Waals surface area contributed by atoms with Crippen LogP contribution in [0.25, 0.3) is 0 Å². The lowest BCUT2D eigenvalue weighted by molar-refractivity contribution is -0.140. The number of ether oxygens (including phenoxy) is 1. The number of esters is 1. The number of nitrogens with two attached hydrogens (primary N) is 1. The van der Waals surface area contributed by atoms with E-state index in [9.17, 15) is 14.0 Å². The Labute approximate surface area is 116 Å². The molecule has 2 rings (SSSR count). The van der Waals surface area contributed by atoms with Crippen LogP contribution in [0.2, 0.25) is 0 Å². The highest BCUT2D eigenvalue weighted by atomic mass is 19.1. The fourth-order valence-corrected chi connectivity index (χ4v) is 2.24. The number of benzene rings is 1. The molecule has 1 heterocycles. The molecule has 0 radical (unpaired) electrons. The molecule has 0 saturated carbocycles. The fraction of sp³-hybridized carbons (Fsp3) is 0.429. The quantitative estimate of drug-likeness (QED) is 0.822. The van der Waals surface area contributed by atoms with Gasteiger partial charge in [0, 0.05) is 30.1 Å². The van der Waals surface area contributed by atoms with E-state index in [4.69, 9.17) is 5.73 Å². The summed E-state index contributed by atoms with van der Waals surface area (Å²) in [6, 6.07) is 2.39. The standard InChI is InChI=1S/C14H17FN2O3/c1-20-14(19)5-3-11(16)9-6-8-2-4-13(18)17-12(8)7-10(9)15/h6-7,11H,2-5,16H2,1H3,(H,17,18). The maximum absolute atomic E-state index is 14.0. The first kappa shape index (κ1) is 14.5. The van der Waals surface area contributed by atoms with E-state index in [1.807, 2.05) is 0 Å². The fourth-order valence-electron chi connectivity index (χ4n) is 2.24. The Hall–Kier alpha value is -1.95. The molecular formula is C14H17FN2O3. The molecule has 1 aliphatic rings. The molecule has 0 bridgehead atoms. The van der Waals surface area contributed by atoms with Gasteiger partial charge in [0.05, 0.1) is 7.11 Å². The van der Waals surface area contributed by atoms with Gasteiger partial charge < -0.3 is 15.8 Å². The Morgan fingerprint density at radius 1 is 1.50 bits per heavy atom. The first-order chi connectivity index (χ1) is 9.51. The molecule has 0 fully saturated rings. The molecule has 0 spiro atoms. The van der Waals surface area contributed by atoms with Gasteiger partial charge in [-0.25, -0.2) is 4.39 Å². The zero-order valence-corrected chi connectivity index (χ0v) is 11.2. The van der Waals surface area contributed by atoms with Crippen LogP contribution in [-0.2, 0) is 20.7 Å². The van der Waals surface area contributed by atoms with Gasteiger partial charge >= 0.3 is 5.97 Å². The molecule has 1 aromatic carbocycles. The molecule has 0 saturated heterocycles. The SMILES string of the molecule is COC(=O)CCC(N)c1cc2c(cc1F)NC(=O)CC2. The van der Waals surface area contributed by atoms with Crippen molar-refractivity contribution in [3.05, 3.63) is 29.1 Å². The number of carbonyl (C=O) groups excluding carboxylic acids is 2. The number of amides is 1. The number of nitrogens with one attached hydrogen (secondary N) is 1. The Balaban J connectivity index is 2.16. The molecular weight excluding hydrogens is 263 g/mol. The van der Waals surface area contributed by atoms with Crippen LogP contribution in [0.1, 0.15) is 36.4 Å². The summed E-state index contributed by atoms with van der Waals surface area (Å²) in [5.41, 5.74) is 7.66. The van der Waals surface area contributed by atoms with Crippen molar-refractivity contribution in [1.82, 2.24) is 0 Å². The molecule has 3 N–H and O–H groups in total. The van der Waals surface area contributed by atoms with Gasteiger partial charge in [-0.05, 0) is 30.5 Å². The monoisotopic (exact) mass is 280 g/mol. The molecule has 6 heteroatoms. The van der Waals surface area contributed by atoms with Crippen molar-refractivity contribution in [1.29, 1.82) is 0 Å². The highest BCUT2D eigenvalue weighted by Gasteiger charge is 2.20. The van der Waals surface area contributed by atoms with Crippen molar-refractivity contribution in [3.8, 4) is 0 Å². The van der Waals surface area contributed by atoms with E-state index in [1.165, 1.54) is 13.2 Å². The Bertz CT molecular complexity index is 545. The summed E-state index contributed by atoms with van der Waals surface area (Å²) in [4.78, 5) is 22.3. The smallest absolute Gasteiger partial charge is 0.305 e. The molecule has 1 atom stereocenters. The van der Waals surface area contributed by atoms with Crippen LogP contribution >= 0.6 is 0 Å². The second-order valence-corrected chi connectivity index (χ2v) is 4.80. The zero-order chi connectivity index (χ0) is 14.7. The Kier molecular flexibility index (Phi) is 4.34. The van der Waals surface area contributed by atoms with Crippen LogP contribution in [0.4, 0.5) is 10.1 Å². The van der Waals surface area contributed by atoms with Crippen LogP contribution < -0.4 is 11.1 Å². The summed E-state index contributed by atoms with van der Waals surface area (Å²) in [6.07, 6.45) is 1.41. The third kappa shape index (κ3) is 3.14. The van der Waals surface area contributed by atoms with Crippen LogP contribution in [0.3, 0.4) is 0 Å². The summed E-state index contributed by atoms with van der Waals surface area (Å²) in [6.45, 7) is 0. The first-order valence-electron chi connectivity index (χ1n) is 6.46. The minimum atomic E-state index is -0.572. The molecule has 5 nitrogen and oxygen atoms in total. The molecule has 1 unspecified atom stereocenters. The molecule has 108 valence electrons. The predicted octanol–water partition coefficient (Wildman–Crippen LogP) is 1.66. The number of anilines is 1. The average molecular weight is 280 g/mol. The van der Waals surface area contributed by atoms with Crippen molar-refractivity contribution < 1.29 is 18.7 Å². The van der Waals surface area contributed by atoms with Crippen molar-refractivity contribution in [3.63, 3.8) is 0 Å². The second-order valence-electron chi connectivity index (χ2n) is 4.80. The van der Waals surface area contributed by atoms with E-state index in [2.05, 4.69) is 10.1 Å². The number of aryl methyl sites for hydroxylation is 1. The van der Waals surface area contributed by atoms with Crippen LogP contribution in [0.15, 0.2) is 12.1 Å². The topological polar surface area (TPSA) is 81.4 Å². The van der Waals surface area contributed by atoms with E-state index in [0.29, 0.717) is 30.5 Å². The van der Waals surface area contributed by atoms with Gasteiger partial charge in [-0.2, -0.15) is 0 Å². The van der Waals surface area contributed by atoms with Crippen LogP contribution in [0.5, 0.6) is 0 Å². The number of rotatable bonds is 4. The van der Waals surface area contributed by atoms with E-state index in [1.54, 1.807) is 6.07 Å². The predicted molar refractivity (Wildman–Crippen MR) is 71.5 cm³/mol. The van der Waals surface area contributed by atoms with Crippen molar-refractivity contribution in [2.75, 3.05) is 12.4 Å². The van der Waals surface area contributed by atoms with E-state index >= 15 is 0 Å². The minimum Gasteiger partial charge on any atom is -0.469 e. The Morgan fingerprint density at radius 2 is 2.25 bits per heavy atom. The summed E-state index contributed by atoms with van der Waals surface area (Å²) in [5.74, 6) is -0.950. The maximum atomic E-state index is 14.0. The second kappa shape index (κ2) is 6.00. The average Bonchev–Trinajstić information content (AvgIpc) is 2.43. The van der Waals surface area contributed by atoms with Crippen molar-refractivity contribution in [2.24, 2.45) is 5.73 Å². The van der Waals surface area contributed by atoms with Crippen molar-refractivity contribution >= 4 is 17.6 Å². The normalized spacial score (nSPS) is 15.2. The van der Waals surface area contributed by atoms with E-state index in [-0.39, 0.29) is 18.3 Å². The number of hydrogen-bond donors (Lipinski definition) is 2. The van der Waals surface area contributed by atoms with Gasteiger partial charge in [-0.3, -0.25) is 9.59 Å². The number of halogens is 1. The Morgan fingerprint density at radius 3 is 2.95 bits per heavy atom. The first-order valence-corrected chi connectivity index (χ1v) is 6.46. The van der Waals surface area contributed by atoms with Crippen molar-refractivity contribution in [2.45, 2.75) is 31.7 Å². The lowest BCUT2D eigenvalue weighted by Crippen LogP contribution is -2.21. The highest BCUT2D eigenvalue weighted by Crippen LogP contribution is 2.29. The molecule has 20 heavy (non-hydrogen) atoms. The summed E-state index contributed by atoms with van der Waals surface area (Å²) in [7, 11) is 1.30. The summed E-state index contributed by atoms with van der Waals surface area (Å²) in [5, 5.41) is 2.63. The maximum Gasteiger partial charge on any atom is 0.305 e. The van der Waals surface area contributed by atoms with E-state index < -0.39 is 11.9 Å². The van der Waals surface area contributed by atoms with Gasteiger partial charge in [0.25, 0.3) is 0 Å². The summed E-state index contributed by atoms with van der Waals surface area (Å²) < 4.78 is 18.5. The highest BCUT2D eigenvalue weighted by molar-refractivity contribution is 5.93. The molecule has 0 aromatic heterocycles. The molecule has 1 aliphatic heterocycles. The van der Waals surface area contributed by atoms with Gasteiger partial charge in [-0.15, -0.1) is 0 Å². The summed E-state index contributed by atoms with van der Waals surface area (Å²) >= 11 is 0. The minimum absolute atomic E-state index is 0.111. The molecule has 0 aliphatic carbocycles. The van der Waals surface area contributed by atoms with Crippen LogP contribution in [-0.4, -0.2) is 19.0 Å².